The lowest BCUT2D eigenvalue weighted by molar-refractivity contribution is -0.384. The molecule has 2 aromatic carbocycles. The van der Waals surface area contributed by atoms with Gasteiger partial charge in [-0.3, -0.25) is 35.3 Å². The van der Waals surface area contributed by atoms with Gasteiger partial charge in [-0.05, 0) is 24.3 Å². The fourth-order valence-electron chi connectivity index (χ4n) is 2.71. The summed E-state index contributed by atoms with van der Waals surface area (Å²) in [6, 6.07) is 8.63. The van der Waals surface area contributed by atoms with E-state index in [1.165, 1.54) is 30.3 Å². The molecule has 2 aromatic rings. The first-order chi connectivity index (χ1) is 16.7. The average Bonchev–Trinajstić information content (AvgIpc) is 3.09. The van der Waals surface area contributed by atoms with Gasteiger partial charge in [0.05, 0.1) is 23.0 Å². The molecule has 0 spiro atoms. The number of nitrogens with zero attached hydrogens (tertiary/aromatic N) is 1. The smallest absolute Gasteiger partial charge is 0.321 e. The minimum atomic E-state index is -4.09. The number of hydrogen-bond acceptors (Lipinski definition) is 10. The molecule has 2 amide bonds. The van der Waals surface area contributed by atoms with E-state index in [9.17, 15) is 32.9 Å². The van der Waals surface area contributed by atoms with Crippen LogP contribution in [0.5, 0.6) is 11.5 Å². The number of esters is 1. The van der Waals surface area contributed by atoms with E-state index in [1.807, 2.05) is 10.9 Å². The molecule has 3 N–H and O–H groups in total. The maximum Gasteiger partial charge on any atom is 0.321 e. The number of nitro groups is 1. The van der Waals surface area contributed by atoms with Crippen LogP contribution in [0.2, 0.25) is 0 Å². The molecule has 0 atom stereocenters. The molecular weight excluding hydrogens is 488 g/mol. The summed E-state index contributed by atoms with van der Waals surface area (Å²) in [6.07, 6.45) is 0.648. The van der Waals surface area contributed by atoms with E-state index in [2.05, 4.69) is 9.46 Å². The molecule has 0 unspecified atom stereocenters. The molecule has 3 rings (SSSR count). The zero-order chi connectivity index (χ0) is 25.4. The lowest BCUT2D eigenvalue weighted by Crippen LogP contribution is -2.44. The van der Waals surface area contributed by atoms with Gasteiger partial charge in [-0.25, -0.2) is 8.42 Å². The van der Waals surface area contributed by atoms with Crippen LogP contribution in [-0.4, -0.2) is 57.5 Å². The van der Waals surface area contributed by atoms with Crippen LogP contribution < -0.4 is 25.0 Å². The van der Waals surface area contributed by atoms with Gasteiger partial charge in [-0.15, -0.1) is 0 Å². The van der Waals surface area contributed by atoms with Crippen molar-refractivity contribution in [3.63, 3.8) is 0 Å². The number of fused-ring (bicyclic) bond motifs is 1. The van der Waals surface area contributed by atoms with Gasteiger partial charge in [-0.2, -0.15) is 4.72 Å². The monoisotopic (exact) mass is 508 g/mol. The van der Waals surface area contributed by atoms with Crippen molar-refractivity contribution in [2.45, 2.75) is 11.3 Å². The number of sulfonamides is 1. The third kappa shape index (κ3) is 7.12. The number of carbonyl (C=O) groups is 3. The van der Waals surface area contributed by atoms with Crippen molar-refractivity contribution in [2.75, 3.05) is 26.4 Å². The molecule has 0 saturated carbocycles. The Kier molecular flexibility index (Phi) is 8.17. The predicted molar refractivity (Wildman–Crippen MR) is 117 cm³/mol. The summed E-state index contributed by atoms with van der Waals surface area (Å²) in [6.45, 7) is -0.742. The molecule has 186 valence electrons. The molecule has 1 heterocycles. The highest BCUT2D eigenvalue weighted by Gasteiger charge is 2.20. The summed E-state index contributed by atoms with van der Waals surface area (Å²) in [5, 5.41) is 10.6. The number of nitrogens with one attached hydrogen (secondary N) is 3. The fraction of sp³-hybridized carbons (Fsp3) is 0.250. The Morgan fingerprint density at radius 3 is 2.37 bits per heavy atom. The second kappa shape index (κ2) is 11.3. The van der Waals surface area contributed by atoms with Gasteiger partial charge in [0.1, 0.15) is 6.54 Å². The number of hydrazine groups is 1. The Balaban J connectivity index is 1.42. The van der Waals surface area contributed by atoms with E-state index in [-0.39, 0.29) is 21.9 Å². The van der Waals surface area contributed by atoms with Crippen LogP contribution in [0.25, 0.3) is 0 Å². The first kappa shape index (κ1) is 25.4. The van der Waals surface area contributed by atoms with Gasteiger partial charge in [0.2, 0.25) is 10.0 Å². The minimum absolute atomic E-state index is 0.0389. The highest BCUT2D eigenvalue weighted by atomic mass is 32.2. The quantitative estimate of drug-likeness (QED) is 0.249. The van der Waals surface area contributed by atoms with Crippen molar-refractivity contribution < 1.29 is 41.9 Å². The minimum Gasteiger partial charge on any atom is -0.490 e. The summed E-state index contributed by atoms with van der Waals surface area (Å²) in [4.78, 5) is 45.4. The number of ether oxygens (including phenoxy) is 3. The Labute approximate surface area is 198 Å². The van der Waals surface area contributed by atoms with Crippen LogP contribution in [0.1, 0.15) is 16.8 Å². The number of benzene rings is 2. The highest BCUT2D eigenvalue weighted by Crippen LogP contribution is 2.31. The zero-order valence-electron chi connectivity index (χ0n) is 18.0. The number of non-ortho nitro benzene ring substituents is 1. The number of hydrogen-bond donors (Lipinski definition) is 3. The topological polar surface area (TPSA) is 192 Å². The molecule has 0 aromatic heterocycles. The van der Waals surface area contributed by atoms with Gasteiger partial charge in [0.15, 0.2) is 18.1 Å². The van der Waals surface area contributed by atoms with Crippen molar-refractivity contribution in [3.8, 4) is 11.5 Å². The summed E-state index contributed by atoms with van der Waals surface area (Å²) in [5.74, 6) is -2.03. The predicted octanol–water partition coefficient (Wildman–Crippen LogP) is 0.0388. The van der Waals surface area contributed by atoms with Crippen LogP contribution in [0.15, 0.2) is 47.4 Å². The second-order valence-corrected chi connectivity index (χ2v) is 8.72. The summed E-state index contributed by atoms with van der Waals surface area (Å²) < 4.78 is 42.5. The van der Waals surface area contributed by atoms with Crippen LogP contribution in [-0.2, 0) is 24.3 Å². The van der Waals surface area contributed by atoms with Gasteiger partial charge < -0.3 is 14.2 Å². The lowest BCUT2D eigenvalue weighted by Gasteiger charge is -2.11. The number of amides is 2. The van der Waals surface area contributed by atoms with Crippen LogP contribution in [0.3, 0.4) is 0 Å². The first-order valence-corrected chi connectivity index (χ1v) is 11.5. The Bertz CT molecular complexity index is 1230. The van der Waals surface area contributed by atoms with Crippen molar-refractivity contribution in [1.29, 1.82) is 0 Å². The second-order valence-electron chi connectivity index (χ2n) is 6.95. The van der Waals surface area contributed by atoms with Crippen LogP contribution >= 0.6 is 0 Å². The molecule has 0 aliphatic carbocycles. The number of rotatable bonds is 8. The third-order valence-electron chi connectivity index (χ3n) is 4.46. The van der Waals surface area contributed by atoms with E-state index in [4.69, 9.17) is 9.47 Å². The number of nitro benzene ring substituents is 1. The zero-order valence-corrected chi connectivity index (χ0v) is 18.8. The maximum atomic E-state index is 12.4. The van der Waals surface area contributed by atoms with Crippen LogP contribution in [0.4, 0.5) is 5.69 Å². The van der Waals surface area contributed by atoms with E-state index < -0.39 is 45.9 Å². The normalized spacial score (nSPS) is 12.7. The molecule has 1 aliphatic heterocycles. The van der Waals surface area contributed by atoms with Crippen molar-refractivity contribution >= 4 is 33.5 Å². The SMILES string of the molecule is O=C(COC(=O)CNS(=O)(=O)c1ccc2c(c1)OCCCO2)NNC(=O)c1ccc([N+](=O)[O-])cc1. The Morgan fingerprint density at radius 1 is 1.00 bits per heavy atom. The first-order valence-electron chi connectivity index (χ1n) is 10.0. The summed E-state index contributed by atoms with van der Waals surface area (Å²) in [7, 11) is -4.09. The molecule has 35 heavy (non-hydrogen) atoms. The van der Waals surface area contributed by atoms with Crippen molar-refractivity contribution in [1.82, 2.24) is 15.6 Å². The fourth-order valence-corrected chi connectivity index (χ4v) is 3.70. The van der Waals surface area contributed by atoms with Gasteiger partial charge >= 0.3 is 5.97 Å². The number of carbonyl (C=O) groups excluding carboxylic acids is 3. The van der Waals surface area contributed by atoms with Gasteiger partial charge in [0.25, 0.3) is 17.5 Å². The Morgan fingerprint density at radius 2 is 1.69 bits per heavy atom. The molecular formula is C20H20N4O10S. The van der Waals surface area contributed by atoms with E-state index in [0.29, 0.717) is 25.4 Å². The van der Waals surface area contributed by atoms with Gasteiger partial charge in [0, 0.05) is 30.2 Å². The molecule has 0 bridgehead atoms. The largest absolute Gasteiger partial charge is 0.490 e. The molecule has 0 radical (unpaired) electrons. The molecule has 1 aliphatic rings. The molecule has 0 saturated heterocycles. The van der Waals surface area contributed by atoms with Gasteiger partial charge in [-0.1, -0.05) is 0 Å². The van der Waals surface area contributed by atoms with Crippen molar-refractivity contribution in [2.24, 2.45) is 0 Å². The third-order valence-corrected chi connectivity index (χ3v) is 5.85. The van der Waals surface area contributed by atoms with E-state index >= 15 is 0 Å². The summed E-state index contributed by atoms with van der Waals surface area (Å²) >= 11 is 0. The molecule has 15 heteroatoms. The highest BCUT2D eigenvalue weighted by molar-refractivity contribution is 7.89. The molecule has 0 fully saturated rings. The Hall–Kier alpha value is -4.24. The maximum absolute atomic E-state index is 12.4. The van der Waals surface area contributed by atoms with Crippen molar-refractivity contribution in [3.05, 3.63) is 58.1 Å². The average molecular weight is 508 g/mol. The summed E-state index contributed by atoms with van der Waals surface area (Å²) in [5.41, 5.74) is 3.87. The lowest BCUT2D eigenvalue weighted by atomic mass is 10.2. The molecule has 14 nitrogen and oxygen atoms in total. The van der Waals surface area contributed by atoms with E-state index in [1.54, 1.807) is 0 Å². The van der Waals surface area contributed by atoms with E-state index in [0.717, 1.165) is 12.1 Å². The standard InChI is InChI=1S/C20H20N4O10S/c25-18(22-23-20(27)13-2-4-14(5-3-13)24(28)29)12-34-19(26)11-21-35(30,31)15-6-7-16-17(10-15)33-9-1-8-32-16/h2-7,10,21H,1,8-9,11-12H2,(H,22,25)(H,23,27). The van der Waals surface area contributed by atoms with Crippen LogP contribution in [0, 0.1) is 10.1 Å².